The smallest absolute Gasteiger partial charge is 0.407 e. The molecule has 3 heterocycles. The van der Waals surface area contributed by atoms with Crippen LogP contribution in [0.1, 0.15) is 44.2 Å². The number of alkyl halides is 2. The molecule has 0 radical (unpaired) electrons. The number of aromatic amines is 1. The molecule has 3 atom stereocenters. The van der Waals surface area contributed by atoms with Crippen molar-refractivity contribution in [2.24, 2.45) is 0 Å². The Bertz CT molecular complexity index is 875. The van der Waals surface area contributed by atoms with Gasteiger partial charge in [-0.25, -0.2) is 18.6 Å². The number of hydrogen-bond donors (Lipinski definition) is 3. The Labute approximate surface area is 166 Å². The van der Waals surface area contributed by atoms with Gasteiger partial charge in [0.15, 0.2) is 12.4 Å². The first kappa shape index (κ1) is 19.4. The van der Waals surface area contributed by atoms with Gasteiger partial charge in [-0.05, 0) is 32.3 Å². The highest BCUT2D eigenvalue weighted by atomic mass is 19.3. The van der Waals surface area contributed by atoms with E-state index >= 15 is 0 Å². The zero-order chi connectivity index (χ0) is 20.4. The van der Waals surface area contributed by atoms with Crippen LogP contribution in [0, 0.1) is 0 Å². The molecule has 2 aliphatic rings. The van der Waals surface area contributed by atoms with Crippen LogP contribution in [0.2, 0.25) is 0 Å². The SMILES string of the molecule is C[C@H]1CC(F)(F)COc2cc(ccn2)Nc2cc([nH]n2)[C@H]2CC[C@H](C2)OC(=O)N1. The van der Waals surface area contributed by atoms with E-state index in [1.165, 1.54) is 19.2 Å². The first-order valence-corrected chi connectivity index (χ1v) is 9.62. The third-order valence-corrected chi connectivity index (χ3v) is 5.10. The molecule has 0 saturated heterocycles. The van der Waals surface area contributed by atoms with Gasteiger partial charge in [0.1, 0.15) is 6.10 Å². The summed E-state index contributed by atoms with van der Waals surface area (Å²) in [5.41, 5.74) is 1.59. The molecule has 1 saturated carbocycles. The lowest BCUT2D eigenvalue weighted by Crippen LogP contribution is -2.40. The Balaban J connectivity index is 1.57. The van der Waals surface area contributed by atoms with E-state index in [1.54, 1.807) is 6.07 Å². The number of hydrogen-bond acceptors (Lipinski definition) is 6. The number of carbonyl (C=O) groups is 1. The molecule has 1 fully saturated rings. The molecule has 1 aliphatic heterocycles. The minimum Gasteiger partial charge on any atom is -0.471 e. The van der Waals surface area contributed by atoms with E-state index in [0.717, 1.165) is 12.1 Å². The van der Waals surface area contributed by atoms with Crippen molar-refractivity contribution in [1.82, 2.24) is 20.5 Å². The molecule has 1 amide bonds. The lowest BCUT2D eigenvalue weighted by atomic mass is 10.0. The Morgan fingerprint density at radius 2 is 2.14 bits per heavy atom. The molecule has 0 unspecified atom stereocenters. The number of nitrogens with one attached hydrogen (secondary N) is 3. The topological polar surface area (TPSA) is 101 Å². The molecule has 1 aliphatic carbocycles. The number of rotatable bonds is 0. The van der Waals surface area contributed by atoms with Crippen molar-refractivity contribution >= 4 is 17.6 Å². The fraction of sp³-hybridized carbons (Fsp3) is 0.526. The number of aromatic nitrogens is 3. The van der Waals surface area contributed by atoms with Crippen LogP contribution in [0.25, 0.3) is 0 Å². The van der Waals surface area contributed by atoms with Crippen molar-refractivity contribution in [2.45, 2.75) is 56.6 Å². The predicted molar refractivity (Wildman–Crippen MR) is 101 cm³/mol. The predicted octanol–water partition coefficient (Wildman–Crippen LogP) is 3.72. The summed E-state index contributed by atoms with van der Waals surface area (Å²) in [6.07, 6.45) is 2.20. The molecule has 8 nitrogen and oxygen atoms in total. The van der Waals surface area contributed by atoms with Crippen LogP contribution in [0.15, 0.2) is 24.4 Å². The van der Waals surface area contributed by atoms with Crippen molar-refractivity contribution in [1.29, 1.82) is 0 Å². The lowest BCUT2D eigenvalue weighted by Gasteiger charge is -2.22. The van der Waals surface area contributed by atoms with Crippen LogP contribution in [-0.4, -0.2) is 45.9 Å². The van der Waals surface area contributed by atoms with E-state index in [-0.39, 0.29) is 17.9 Å². The van der Waals surface area contributed by atoms with Crippen LogP contribution in [0.4, 0.5) is 25.1 Å². The third kappa shape index (κ3) is 4.93. The molecule has 2 aromatic rings. The number of fused-ring (bicyclic) bond motifs is 7. The Morgan fingerprint density at radius 1 is 1.28 bits per heavy atom. The summed E-state index contributed by atoms with van der Waals surface area (Å²) in [4.78, 5) is 16.1. The molecule has 0 spiro atoms. The third-order valence-electron chi connectivity index (χ3n) is 5.10. The van der Waals surface area contributed by atoms with Crippen LogP contribution < -0.4 is 15.4 Å². The number of amides is 1. The van der Waals surface area contributed by atoms with Gasteiger partial charge < -0.3 is 20.1 Å². The van der Waals surface area contributed by atoms with Crippen molar-refractivity contribution in [3.05, 3.63) is 30.1 Å². The van der Waals surface area contributed by atoms with Gasteiger partial charge in [0, 0.05) is 48.1 Å². The van der Waals surface area contributed by atoms with Gasteiger partial charge in [0.25, 0.3) is 5.92 Å². The second kappa shape index (κ2) is 7.84. The van der Waals surface area contributed by atoms with Gasteiger partial charge >= 0.3 is 6.09 Å². The fourth-order valence-corrected chi connectivity index (χ4v) is 3.78. The van der Waals surface area contributed by atoms with Gasteiger partial charge in [-0.3, -0.25) is 5.10 Å². The van der Waals surface area contributed by atoms with E-state index in [9.17, 15) is 13.6 Å². The maximum absolute atomic E-state index is 14.3. The molecule has 10 heteroatoms. The van der Waals surface area contributed by atoms with Crippen molar-refractivity contribution in [3.8, 4) is 5.88 Å². The number of ether oxygens (including phenoxy) is 2. The number of pyridine rings is 1. The Morgan fingerprint density at radius 3 is 3.00 bits per heavy atom. The van der Waals surface area contributed by atoms with Crippen LogP contribution in [0.3, 0.4) is 0 Å². The summed E-state index contributed by atoms with van der Waals surface area (Å²) in [5, 5.41) is 12.9. The largest absolute Gasteiger partial charge is 0.471 e. The summed E-state index contributed by atoms with van der Waals surface area (Å²) in [5.74, 6) is -2.28. The monoisotopic (exact) mass is 407 g/mol. The Kier molecular flexibility index (Phi) is 5.25. The second-order valence-electron chi connectivity index (χ2n) is 7.65. The van der Waals surface area contributed by atoms with Crippen LogP contribution >= 0.6 is 0 Å². The van der Waals surface area contributed by atoms with E-state index in [2.05, 4.69) is 25.8 Å². The summed E-state index contributed by atoms with van der Waals surface area (Å²) in [7, 11) is 0. The molecular weight excluding hydrogens is 384 g/mol. The minimum absolute atomic E-state index is 0.0743. The number of H-pyrrole nitrogens is 1. The Hall–Kier alpha value is -2.91. The number of anilines is 2. The molecule has 3 N–H and O–H groups in total. The number of nitrogens with zero attached hydrogens (tertiary/aromatic N) is 2. The summed E-state index contributed by atoms with van der Waals surface area (Å²) in [6.45, 7) is 0.668. The molecular formula is C19H23F2N5O3. The fourth-order valence-electron chi connectivity index (χ4n) is 3.78. The first-order valence-electron chi connectivity index (χ1n) is 9.62. The highest BCUT2D eigenvalue weighted by molar-refractivity contribution is 5.67. The molecule has 156 valence electrons. The highest BCUT2D eigenvalue weighted by Gasteiger charge is 2.34. The molecule has 4 rings (SSSR count). The average molecular weight is 407 g/mol. The van der Waals surface area contributed by atoms with Crippen LogP contribution in [-0.2, 0) is 4.74 Å². The van der Waals surface area contributed by atoms with Gasteiger partial charge in [-0.15, -0.1) is 0 Å². The van der Waals surface area contributed by atoms with Crippen LogP contribution in [0.5, 0.6) is 5.88 Å². The summed E-state index contributed by atoms with van der Waals surface area (Å²) < 4.78 is 39.1. The zero-order valence-corrected chi connectivity index (χ0v) is 16.0. The van der Waals surface area contributed by atoms with Crippen molar-refractivity contribution in [3.63, 3.8) is 0 Å². The normalized spacial score (nSPS) is 26.9. The highest BCUT2D eigenvalue weighted by Crippen LogP contribution is 2.36. The maximum atomic E-state index is 14.3. The quantitative estimate of drug-likeness (QED) is 0.615. The lowest BCUT2D eigenvalue weighted by molar-refractivity contribution is -0.0545. The molecule has 6 bridgehead atoms. The molecule has 29 heavy (non-hydrogen) atoms. The van der Waals surface area contributed by atoms with E-state index in [4.69, 9.17) is 9.47 Å². The molecule has 2 aromatic heterocycles. The minimum atomic E-state index is -3.14. The van der Waals surface area contributed by atoms with Gasteiger partial charge in [-0.2, -0.15) is 5.10 Å². The van der Waals surface area contributed by atoms with Gasteiger partial charge in [0.05, 0.1) is 0 Å². The van der Waals surface area contributed by atoms with E-state index in [0.29, 0.717) is 24.3 Å². The number of halogens is 2. The average Bonchev–Trinajstić information content (AvgIpc) is 3.28. The summed E-state index contributed by atoms with van der Waals surface area (Å²) in [6, 6.07) is 4.37. The van der Waals surface area contributed by atoms with Gasteiger partial charge in [0.2, 0.25) is 5.88 Å². The standard InChI is InChI=1S/C19H23F2N5O3/c1-11-9-19(20,21)10-28-17-7-13(4-5-22-17)24-16-8-15(25-26-16)12-2-3-14(6-12)29-18(27)23-11/h4-5,7-8,11-12,14H,2-3,6,9-10H2,1H3,(H,23,27)(H2,24,25,26)/t11-,12-,14+/m0/s1. The van der Waals surface area contributed by atoms with Crippen molar-refractivity contribution in [2.75, 3.05) is 11.9 Å². The molecule has 0 aromatic carbocycles. The maximum Gasteiger partial charge on any atom is 0.407 e. The zero-order valence-electron chi connectivity index (χ0n) is 16.0. The first-order chi connectivity index (χ1) is 13.9. The van der Waals surface area contributed by atoms with E-state index < -0.39 is 31.1 Å². The number of carbonyl (C=O) groups excluding carboxylic acids is 1. The number of alkyl carbamates (subject to hydrolysis) is 1. The van der Waals surface area contributed by atoms with Gasteiger partial charge in [-0.1, -0.05) is 0 Å². The van der Waals surface area contributed by atoms with E-state index in [1.807, 2.05) is 6.07 Å². The summed E-state index contributed by atoms with van der Waals surface area (Å²) >= 11 is 0. The second-order valence-corrected chi connectivity index (χ2v) is 7.65. The van der Waals surface area contributed by atoms with Crippen molar-refractivity contribution < 1.29 is 23.0 Å².